The van der Waals surface area contributed by atoms with Crippen LogP contribution in [0.5, 0.6) is 11.5 Å². The summed E-state index contributed by atoms with van der Waals surface area (Å²) in [6, 6.07) is 22.0. The molecule has 2 aliphatic heterocycles. The number of hydrogen-bond acceptors (Lipinski definition) is 6. The first-order valence-electron chi connectivity index (χ1n) is 12.7. The van der Waals surface area contributed by atoms with Crippen LogP contribution in [0.15, 0.2) is 72.8 Å². The van der Waals surface area contributed by atoms with E-state index in [1.807, 2.05) is 43.3 Å². The number of benzene rings is 3. The lowest BCUT2D eigenvalue weighted by Gasteiger charge is -2.40. The molecule has 8 heteroatoms. The van der Waals surface area contributed by atoms with Gasteiger partial charge in [0.15, 0.2) is 0 Å². The standard InChI is InChI=1S/C29H33FN4O3/c1-3-37-23-14-8-19(9-15-23)25-16-24(29(35)31-17-18-4-12-22(36-2)13-5-18)26-27(33-34-28(26)32-25)20-6-10-21(30)11-7-20/h4-15,24-28,32-34H,3,16-17H2,1-2H3,(H,31,35). The molecule has 7 nitrogen and oxygen atoms in total. The highest BCUT2D eigenvalue weighted by Gasteiger charge is 2.49. The zero-order valence-electron chi connectivity index (χ0n) is 21.0. The molecular weight excluding hydrogens is 471 g/mol. The summed E-state index contributed by atoms with van der Waals surface area (Å²) in [5.74, 6) is 0.975. The molecule has 2 fully saturated rings. The molecule has 5 rings (SSSR count). The van der Waals surface area contributed by atoms with Crippen LogP contribution in [-0.4, -0.2) is 25.8 Å². The third-order valence-electron chi connectivity index (χ3n) is 7.28. The molecule has 4 N–H and O–H groups in total. The van der Waals surface area contributed by atoms with Gasteiger partial charge in [-0.15, -0.1) is 0 Å². The predicted octanol–water partition coefficient (Wildman–Crippen LogP) is 3.99. The van der Waals surface area contributed by atoms with E-state index >= 15 is 0 Å². The maximum absolute atomic E-state index is 13.7. The Morgan fingerprint density at radius 3 is 2.30 bits per heavy atom. The molecule has 2 heterocycles. The number of carbonyl (C=O) groups excluding carboxylic acids is 1. The average Bonchev–Trinajstić information content (AvgIpc) is 3.36. The molecule has 1 amide bonds. The maximum atomic E-state index is 13.7. The summed E-state index contributed by atoms with van der Waals surface area (Å²) in [5.41, 5.74) is 9.75. The molecule has 194 valence electrons. The van der Waals surface area contributed by atoms with Gasteiger partial charge >= 0.3 is 0 Å². The molecule has 3 aromatic carbocycles. The highest BCUT2D eigenvalue weighted by atomic mass is 19.1. The molecule has 0 aromatic heterocycles. The maximum Gasteiger partial charge on any atom is 0.223 e. The van der Waals surface area contributed by atoms with Gasteiger partial charge in [0.2, 0.25) is 5.91 Å². The van der Waals surface area contributed by atoms with E-state index in [1.54, 1.807) is 19.2 Å². The Morgan fingerprint density at radius 2 is 1.62 bits per heavy atom. The van der Waals surface area contributed by atoms with Crippen molar-refractivity contribution in [3.63, 3.8) is 0 Å². The SMILES string of the molecule is CCOc1ccc(C2CC(C(=O)NCc3ccc(OC)cc3)C3C(NNC3c3ccc(F)cc3)N2)cc1. The number of ether oxygens (including phenoxy) is 2. The van der Waals surface area contributed by atoms with Crippen molar-refractivity contribution < 1.29 is 18.7 Å². The van der Waals surface area contributed by atoms with E-state index in [0.717, 1.165) is 28.2 Å². The Kier molecular flexibility index (Phi) is 7.69. The average molecular weight is 505 g/mol. The lowest BCUT2D eigenvalue weighted by Crippen LogP contribution is -2.54. The summed E-state index contributed by atoms with van der Waals surface area (Å²) in [7, 11) is 1.63. The third kappa shape index (κ3) is 5.61. The Balaban J connectivity index is 1.37. The Hall–Kier alpha value is -3.46. The number of fused-ring (bicyclic) bond motifs is 1. The van der Waals surface area contributed by atoms with Crippen LogP contribution >= 0.6 is 0 Å². The molecular formula is C29H33FN4O3. The predicted molar refractivity (Wildman–Crippen MR) is 139 cm³/mol. The molecule has 0 bridgehead atoms. The topological polar surface area (TPSA) is 83.7 Å². The van der Waals surface area contributed by atoms with E-state index in [0.29, 0.717) is 19.6 Å². The first kappa shape index (κ1) is 25.2. The number of rotatable bonds is 8. The van der Waals surface area contributed by atoms with E-state index in [1.165, 1.54) is 12.1 Å². The van der Waals surface area contributed by atoms with Gasteiger partial charge in [0.05, 0.1) is 25.9 Å². The van der Waals surface area contributed by atoms with Crippen LogP contribution in [0.25, 0.3) is 0 Å². The summed E-state index contributed by atoms with van der Waals surface area (Å²) < 4.78 is 24.4. The Morgan fingerprint density at radius 1 is 0.946 bits per heavy atom. The monoisotopic (exact) mass is 504 g/mol. The second kappa shape index (κ2) is 11.3. The fourth-order valence-electron chi connectivity index (χ4n) is 5.39. The van der Waals surface area contributed by atoms with Crippen LogP contribution in [0.4, 0.5) is 4.39 Å². The van der Waals surface area contributed by atoms with E-state index in [2.05, 4.69) is 33.6 Å². The van der Waals surface area contributed by atoms with Crippen molar-refractivity contribution in [2.24, 2.45) is 11.8 Å². The normalized spacial score (nSPS) is 24.8. The highest BCUT2D eigenvalue weighted by molar-refractivity contribution is 5.79. The van der Waals surface area contributed by atoms with Crippen LogP contribution in [0.3, 0.4) is 0 Å². The van der Waals surface area contributed by atoms with Gasteiger partial charge in [0.25, 0.3) is 0 Å². The van der Waals surface area contributed by atoms with Crippen LogP contribution in [0, 0.1) is 17.7 Å². The Labute approximate surface area is 216 Å². The second-order valence-electron chi connectivity index (χ2n) is 9.50. The molecule has 3 aromatic rings. The third-order valence-corrected chi connectivity index (χ3v) is 7.28. The van der Waals surface area contributed by atoms with Crippen LogP contribution in [0.2, 0.25) is 0 Å². The molecule has 37 heavy (non-hydrogen) atoms. The molecule has 0 aliphatic carbocycles. The van der Waals surface area contributed by atoms with Gasteiger partial charge in [-0.25, -0.2) is 15.2 Å². The smallest absolute Gasteiger partial charge is 0.223 e. The lowest BCUT2D eigenvalue weighted by atomic mass is 9.74. The van der Waals surface area contributed by atoms with Gasteiger partial charge in [0, 0.05) is 24.4 Å². The van der Waals surface area contributed by atoms with Crippen molar-refractivity contribution in [3.05, 3.63) is 95.3 Å². The second-order valence-corrected chi connectivity index (χ2v) is 9.50. The van der Waals surface area contributed by atoms with E-state index in [9.17, 15) is 9.18 Å². The van der Waals surface area contributed by atoms with Gasteiger partial charge in [-0.1, -0.05) is 36.4 Å². The summed E-state index contributed by atoms with van der Waals surface area (Å²) >= 11 is 0. The van der Waals surface area contributed by atoms with Crippen molar-refractivity contribution in [3.8, 4) is 11.5 Å². The van der Waals surface area contributed by atoms with Gasteiger partial charge in [-0.2, -0.15) is 0 Å². The fourth-order valence-corrected chi connectivity index (χ4v) is 5.39. The van der Waals surface area contributed by atoms with Crippen molar-refractivity contribution in [2.75, 3.05) is 13.7 Å². The van der Waals surface area contributed by atoms with E-state index in [4.69, 9.17) is 9.47 Å². The minimum atomic E-state index is -0.280. The van der Waals surface area contributed by atoms with Gasteiger partial charge < -0.3 is 14.8 Å². The Bertz CT molecular complexity index is 1190. The van der Waals surface area contributed by atoms with E-state index in [-0.39, 0.29) is 41.8 Å². The van der Waals surface area contributed by atoms with Gasteiger partial charge in [0.1, 0.15) is 17.3 Å². The van der Waals surface area contributed by atoms with Crippen LogP contribution < -0.4 is 31.0 Å². The lowest BCUT2D eigenvalue weighted by molar-refractivity contribution is -0.129. The minimum Gasteiger partial charge on any atom is -0.497 e. The van der Waals surface area contributed by atoms with E-state index < -0.39 is 0 Å². The quantitative estimate of drug-likeness (QED) is 0.371. The zero-order valence-corrected chi connectivity index (χ0v) is 21.0. The number of carbonyl (C=O) groups is 1. The number of nitrogens with one attached hydrogen (secondary N) is 4. The summed E-state index contributed by atoms with van der Waals surface area (Å²) in [4.78, 5) is 13.7. The minimum absolute atomic E-state index is 0.000802. The van der Waals surface area contributed by atoms with Gasteiger partial charge in [-0.05, 0) is 66.4 Å². The molecule has 0 saturated carbocycles. The highest BCUT2D eigenvalue weighted by Crippen LogP contribution is 2.42. The molecule has 0 spiro atoms. The van der Waals surface area contributed by atoms with Crippen LogP contribution in [0.1, 0.15) is 42.1 Å². The molecule has 0 radical (unpaired) electrons. The first-order chi connectivity index (χ1) is 18.1. The van der Waals surface area contributed by atoms with Crippen molar-refractivity contribution in [1.29, 1.82) is 0 Å². The molecule has 2 aliphatic rings. The number of amides is 1. The summed E-state index contributed by atoms with van der Waals surface area (Å²) in [6.07, 6.45) is 0.488. The van der Waals surface area contributed by atoms with Crippen molar-refractivity contribution >= 4 is 5.91 Å². The first-order valence-corrected chi connectivity index (χ1v) is 12.7. The molecule has 2 saturated heterocycles. The summed E-state index contributed by atoms with van der Waals surface area (Å²) in [6.45, 7) is 3.00. The molecule has 5 unspecified atom stereocenters. The number of methoxy groups -OCH3 is 1. The number of piperidine rings is 1. The zero-order chi connectivity index (χ0) is 25.8. The largest absolute Gasteiger partial charge is 0.497 e. The number of hydrogen-bond donors (Lipinski definition) is 4. The van der Waals surface area contributed by atoms with Gasteiger partial charge in [-0.3, -0.25) is 10.1 Å². The van der Waals surface area contributed by atoms with Crippen LogP contribution in [-0.2, 0) is 11.3 Å². The van der Waals surface area contributed by atoms with Crippen molar-refractivity contribution in [2.45, 2.75) is 38.1 Å². The number of halogens is 1. The molecule has 5 atom stereocenters. The van der Waals surface area contributed by atoms with Crippen molar-refractivity contribution in [1.82, 2.24) is 21.5 Å². The summed E-state index contributed by atoms with van der Waals surface area (Å²) in [5, 5.41) is 6.84. The number of hydrazine groups is 1. The fraction of sp³-hybridized carbons (Fsp3) is 0.345.